The summed E-state index contributed by atoms with van der Waals surface area (Å²) in [5.74, 6) is -0.637. The lowest BCUT2D eigenvalue weighted by Gasteiger charge is -2.04. The summed E-state index contributed by atoms with van der Waals surface area (Å²) in [5, 5.41) is 10.9. The molecule has 0 saturated heterocycles. The molecule has 2 aromatic rings. The van der Waals surface area contributed by atoms with Gasteiger partial charge in [-0.15, -0.1) is 0 Å². The Bertz CT molecular complexity index is 628. The van der Waals surface area contributed by atoms with E-state index in [0.29, 0.717) is 11.1 Å². The van der Waals surface area contributed by atoms with Gasteiger partial charge in [0.05, 0.1) is 17.6 Å². The zero-order chi connectivity index (χ0) is 13.8. The van der Waals surface area contributed by atoms with Crippen molar-refractivity contribution in [2.75, 3.05) is 7.11 Å². The molecule has 96 valence electrons. The second-order valence-corrected chi connectivity index (χ2v) is 3.64. The highest BCUT2D eigenvalue weighted by Gasteiger charge is 2.15. The van der Waals surface area contributed by atoms with Gasteiger partial charge in [0.2, 0.25) is 0 Å². The standard InChI is InChI=1S/C12H9N3O4/c1-19-12(16)9-2-8(3-11(4-9)15(17)18)10-5-13-7-14-6-10/h2-7H,1H3. The summed E-state index contributed by atoms with van der Waals surface area (Å²) in [5.41, 5.74) is 0.976. The van der Waals surface area contributed by atoms with E-state index in [1.54, 1.807) is 0 Å². The maximum absolute atomic E-state index is 11.5. The molecule has 0 unspecified atom stereocenters. The molecule has 0 N–H and O–H groups in total. The van der Waals surface area contributed by atoms with Crippen LogP contribution in [0, 0.1) is 10.1 Å². The van der Waals surface area contributed by atoms with Crippen molar-refractivity contribution >= 4 is 11.7 Å². The van der Waals surface area contributed by atoms with Crippen molar-refractivity contribution in [1.29, 1.82) is 0 Å². The number of aromatic nitrogens is 2. The molecule has 1 aromatic carbocycles. The fourth-order valence-electron chi connectivity index (χ4n) is 1.57. The normalized spacial score (nSPS) is 9.95. The molecule has 7 heteroatoms. The first kappa shape index (κ1) is 12.6. The average Bonchev–Trinajstić information content (AvgIpc) is 2.46. The third-order valence-electron chi connectivity index (χ3n) is 2.44. The van der Waals surface area contributed by atoms with Crippen molar-refractivity contribution < 1.29 is 14.5 Å². The molecule has 1 aromatic heterocycles. The Labute approximate surface area is 108 Å². The number of hydrogen-bond donors (Lipinski definition) is 0. The van der Waals surface area contributed by atoms with E-state index in [1.807, 2.05) is 0 Å². The van der Waals surface area contributed by atoms with Gasteiger partial charge in [0.1, 0.15) is 6.33 Å². The van der Waals surface area contributed by atoms with Gasteiger partial charge in [-0.05, 0) is 11.6 Å². The fraction of sp³-hybridized carbons (Fsp3) is 0.0833. The molecular weight excluding hydrogens is 250 g/mol. The van der Waals surface area contributed by atoms with E-state index in [1.165, 1.54) is 44.0 Å². The molecule has 0 aliphatic rings. The molecule has 0 spiro atoms. The van der Waals surface area contributed by atoms with Crippen LogP contribution in [0.4, 0.5) is 5.69 Å². The van der Waals surface area contributed by atoms with E-state index >= 15 is 0 Å². The molecule has 7 nitrogen and oxygen atoms in total. The molecule has 1 heterocycles. The van der Waals surface area contributed by atoms with Crippen molar-refractivity contribution in [1.82, 2.24) is 9.97 Å². The van der Waals surface area contributed by atoms with Crippen LogP contribution in [-0.4, -0.2) is 28.0 Å². The van der Waals surface area contributed by atoms with Gasteiger partial charge < -0.3 is 4.74 Å². The second kappa shape index (κ2) is 5.21. The van der Waals surface area contributed by atoms with Gasteiger partial charge in [-0.2, -0.15) is 0 Å². The van der Waals surface area contributed by atoms with Crippen molar-refractivity contribution in [3.05, 3.63) is 52.6 Å². The fourth-order valence-corrected chi connectivity index (χ4v) is 1.57. The zero-order valence-electron chi connectivity index (χ0n) is 9.94. The van der Waals surface area contributed by atoms with Gasteiger partial charge in [-0.3, -0.25) is 10.1 Å². The van der Waals surface area contributed by atoms with Gasteiger partial charge in [-0.1, -0.05) is 0 Å². The lowest BCUT2D eigenvalue weighted by molar-refractivity contribution is -0.384. The van der Waals surface area contributed by atoms with E-state index in [0.717, 1.165) is 0 Å². The molecule has 0 fully saturated rings. The monoisotopic (exact) mass is 259 g/mol. The van der Waals surface area contributed by atoms with Crippen LogP contribution in [0.15, 0.2) is 36.9 Å². The van der Waals surface area contributed by atoms with Gasteiger partial charge >= 0.3 is 5.97 Å². The maximum atomic E-state index is 11.5. The lowest BCUT2D eigenvalue weighted by Crippen LogP contribution is -2.02. The Morgan fingerprint density at radius 2 is 1.89 bits per heavy atom. The van der Waals surface area contributed by atoms with Crippen LogP contribution in [0.5, 0.6) is 0 Å². The Kier molecular flexibility index (Phi) is 3.46. The van der Waals surface area contributed by atoms with E-state index in [2.05, 4.69) is 14.7 Å². The highest BCUT2D eigenvalue weighted by Crippen LogP contribution is 2.25. The first-order valence-corrected chi connectivity index (χ1v) is 5.25. The van der Waals surface area contributed by atoms with Gasteiger partial charge in [0, 0.05) is 30.1 Å². The number of nitro groups is 1. The van der Waals surface area contributed by atoms with Crippen LogP contribution < -0.4 is 0 Å². The van der Waals surface area contributed by atoms with Gasteiger partial charge in [0.25, 0.3) is 5.69 Å². The Morgan fingerprint density at radius 3 is 2.47 bits per heavy atom. The number of hydrogen-bond acceptors (Lipinski definition) is 6. The number of nitrogens with zero attached hydrogens (tertiary/aromatic N) is 3. The van der Waals surface area contributed by atoms with Gasteiger partial charge in [-0.25, -0.2) is 14.8 Å². The van der Waals surface area contributed by atoms with Crippen LogP contribution in [-0.2, 0) is 4.74 Å². The Hall–Kier alpha value is -2.83. The van der Waals surface area contributed by atoms with E-state index in [4.69, 9.17) is 0 Å². The number of non-ortho nitro benzene ring substituents is 1. The Balaban J connectivity index is 2.58. The number of carbonyl (C=O) groups is 1. The minimum absolute atomic E-state index is 0.107. The predicted molar refractivity (Wildman–Crippen MR) is 65.5 cm³/mol. The molecule has 0 saturated carbocycles. The van der Waals surface area contributed by atoms with Crippen LogP contribution in [0.2, 0.25) is 0 Å². The van der Waals surface area contributed by atoms with Crippen LogP contribution in [0.1, 0.15) is 10.4 Å². The third-order valence-corrected chi connectivity index (χ3v) is 2.44. The summed E-state index contributed by atoms with van der Waals surface area (Å²) in [6, 6.07) is 4.02. The topological polar surface area (TPSA) is 95.2 Å². The predicted octanol–water partition coefficient (Wildman–Crippen LogP) is 1.84. The van der Waals surface area contributed by atoms with Crippen molar-refractivity contribution in [3.8, 4) is 11.1 Å². The SMILES string of the molecule is COC(=O)c1cc(-c2cncnc2)cc([N+](=O)[O-])c1. The minimum Gasteiger partial charge on any atom is -0.465 e. The molecule has 2 rings (SSSR count). The van der Waals surface area contributed by atoms with E-state index in [9.17, 15) is 14.9 Å². The summed E-state index contributed by atoms with van der Waals surface area (Å²) < 4.78 is 4.57. The second-order valence-electron chi connectivity index (χ2n) is 3.64. The summed E-state index contributed by atoms with van der Waals surface area (Å²) in [6.45, 7) is 0. The summed E-state index contributed by atoms with van der Waals surface area (Å²) in [4.78, 5) is 29.5. The molecule has 0 bridgehead atoms. The molecule has 0 aliphatic carbocycles. The number of carbonyl (C=O) groups excluding carboxylic acids is 1. The number of nitro benzene ring substituents is 1. The first-order chi connectivity index (χ1) is 9.11. The van der Waals surface area contributed by atoms with E-state index < -0.39 is 10.9 Å². The molecule has 19 heavy (non-hydrogen) atoms. The molecule has 0 radical (unpaired) electrons. The van der Waals surface area contributed by atoms with E-state index in [-0.39, 0.29) is 11.3 Å². The quantitative estimate of drug-likeness (QED) is 0.474. The highest BCUT2D eigenvalue weighted by molar-refractivity contribution is 5.92. The van der Waals surface area contributed by atoms with Crippen LogP contribution >= 0.6 is 0 Å². The number of esters is 1. The average molecular weight is 259 g/mol. The summed E-state index contributed by atoms with van der Waals surface area (Å²) >= 11 is 0. The third kappa shape index (κ3) is 2.71. The smallest absolute Gasteiger partial charge is 0.338 e. The Morgan fingerprint density at radius 1 is 1.21 bits per heavy atom. The van der Waals surface area contributed by atoms with Crippen molar-refractivity contribution in [2.24, 2.45) is 0 Å². The highest BCUT2D eigenvalue weighted by atomic mass is 16.6. The largest absolute Gasteiger partial charge is 0.465 e. The van der Waals surface area contributed by atoms with Crippen LogP contribution in [0.3, 0.4) is 0 Å². The number of benzene rings is 1. The number of ether oxygens (including phenoxy) is 1. The maximum Gasteiger partial charge on any atom is 0.338 e. The first-order valence-electron chi connectivity index (χ1n) is 5.25. The molecule has 0 amide bonds. The zero-order valence-corrected chi connectivity index (χ0v) is 9.94. The van der Waals surface area contributed by atoms with Crippen molar-refractivity contribution in [3.63, 3.8) is 0 Å². The van der Waals surface area contributed by atoms with Crippen molar-refractivity contribution in [2.45, 2.75) is 0 Å². The minimum atomic E-state index is -0.637. The number of rotatable bonds is 3. The van der Waals surface area contributed by atoms with Crippen LogP contribution in [0.25, 0.3) is 11.1 Å². The molecular formula is C12H9N3O4. The summed E-state index contributed by atoms with van der Waals surface area (Å²) in [6.07, 6.45) is 4.36. The molecule has 0 atom stereocenters. The lowest BCUT2D eigenvalue weighted by atomic mass is 10.0. The number of methoxy groups -OCH3 is 1. The van der Waals surface area contributed by atoms with Gasteiger partial charge in [0.15, 0.2) is 0 Å². The summed E-state index contributed by atoms with van der Waals surface area (Å²) in [7, 11) is 1.21. The molecule has 0 aliphatic heterocycles.